The molecule has 6 heteroatoms. The van der Waals surface area contributed by atoms with E-state index in [1.807, 2.05) is 53.4 Å². The zero-order valence-electron chi connectivity index (χ0n) is 14.2. The molecule has 1 aliphatic rings. The molecule has 1 atom stereocenters. The highest BCUT2D eigenvalue weighted by molar-refractivity contribution is 5.88. The number of esters is 1. The largest absolute Gasteiger partial charge is 0.461 e. The lowest BCUT2D eigenvalue weighted by molar-refractivity contribution is -0.128. The number of rotatable bonds is 5. The Morgan fingerprint density at radius 2 is 1.96 bits per heavy atom. The number of imidazole rings is 1. The maximum atomic E-state index is 12.3. The van der Waals surface area contributed by atoms with Crippen molar-refractivity contribution in [2.75, 3.05) is 13.2 Å². The highest BCUT2D eigenvalue weighted by Gasteiger charge is 2.30. The minimum atomic E-state index is -0.419. The molecule has 1 unspecified atom stereocenters. The van der Waals surface area contributed by atoms with E-state index < -0.39 is 5.97 Å². The van der Waals surface area contributed by atoms with Gasteiger partial charge in [-0.15, -0.1) is 0 Å². The molecule has 2 aromatic heterocycles. The van der Waals surface area contributed by atoms with Gasteiger partial charge in [0.25, 0.3) is 0 Å². The van der Waals surface area contributed by atoms with E-state index in [1.165, 1.54) is 6.20 Å². The van der Waals surface area contributed by atoms with Crippen molar-refractivity contribution in [2.24, 2.45) is 5.92 Å². The number of fused-ring (bicyclic) bond motifs is 1. The SMILES string of the molecule is O=C(OCC1CC(=O)N(Cc2ccccc2)C1)c1cnc2ccccn12. The molecule has 0 aliphatic carbocycles. The van der Waals surface area contributed by atoms with Gasteiger partial charge in [0.1, 0.15) is 5.65 Å². The zero-order valence-corrected chi connectivity index (χ0v) is 14.2. The molecule has 132 valence electrons. The van der Waals surface area contributed by atoms with Gasteiger partial charge in [-0.05, 0) is 17.7 Å². The number of benzene rings is 1. The molecule has 1 amide bonds. The van der Waals surface area contributed by atoms with Crippen molar-refractivity contribution >= 4 is 17.5 Å². The van der Waals surface area contributed by atoms with Gasteiger partial charge < -0.3 is 9.64 Å². The van der Waals surface area contributed by atoms with Gasteiger partial charge in [0, 0.05) is 31.6 Å². The van der Waals surface area contributed by atoms with Gasteiger partial charge in [-0.3, -0.25) is 9.20 Å². The Kier molecular flexibility index (Phi) is 4.39. The number of hydrogen-bond donors (Lipinski definition) is 0. The monoisotopic (exact) mass is 349 g/mol. The number of nitrogens with zero attached hydrogens (tertiary/aromatic N) is 3. The summed E-state index contributed by atoms with van der Waals surface area (Å²) >= 11 is 0. The molecule has 0 saturated carbocycles. The van der Waals surface area contributed by atoms with E-state index in [-0.39, 0.29) is 18.4 Å². The van der Waals surface area contributed by atoms with Crippen molar-refractivity contribution in [1.29, 1.82) is 0 Å². The van der Waals surface area contributed by atoms with Crippen LogP contribution in [0, 0.1) is 5.92 Å². The second-order valence-electron chi connectivity index (χ2n) is 6.50. The molecule has 26 heavy (non-hydrogen) atoms. The van der Waals surface area contributed by atoms with Gasteiger partial charge >= 0.3 is 5.97 Å². The summed E-state index contributed by atoms with van der Waals surface area (Å²) in [6.45, 7) is 1.43. The lowest BCUT2D eigenvalue weighted by Crippen LogP contribution is -2.25. The smallest absolute Gasteiger partial charge is 0.356 e. The minimum Gasteiger partial charge on any atom is -0.461 e. The number of pyridine rings is 1. The second-order valence-corrected chi connectivity index (χ2v) is 6.50. The predicted molar refractivity (Wildman–Crippen MR) is 95.4 cm³/mol. The summed E-state index contributed by atoms with van der Waals surface area (Å²) in [5.41, 5.74) is 2.19. The van der Waals surface area contributed by atoms with Crippen molar-refractivity contribution in [3.63, 3.8) is 0 Å². The summed E-state index contributed by atoms with van der Waals surface area (Å²) in [7, 11) is 0. The number of likely N-dealkylation sites (tertiary alicyclic amines) is 1. The van der Waals surface area contributed by atoms with Crippen LogP contribution in [0.2, 0.25) is 0 Å². The number of carbonyl (C=O) groups is 2. The Bertz CT molecular complexity index is 936. The van der Waals surface area contributed by atoms with E-state index in [9.17, 15) is 9.59 Å². The molecular weight excluding hydrogens is 330 g/mol. The molecule has 0 N–H and O–H groups in total. The fourth-order valence-electron chi connectivity index (χ4n) is 3.27. The molecular formula is C20H19N3O3. The van der Waals surface area contributed by atoms with Crippen LogP contribution < -0.4 is 0 Å². The Morgan fingerprint density at radius 1 is 1.15 bits per heavy atom. The van der Waals surface area contributed by atoms with Gasteiger partial charge in [-0.2, -0.15) is 0 Å². The number of amides is 1. The summed E-state index contributed by atoms with van der Waals surface area (Å²) in [4.78, 5) is 30.6. The third-order valence-electron chi connectivity index (χ3n) is 4.59. The number of carbonyl (C=O) groups excluding carboxylic acids is 2. The lowest BCUT2D eigenvalue weighted by Gasteiger charge is -2.16. The van der Waals surface area contributed by atoms with Gasteiger partial charge in [0.05, 0.1) is 12.8 Å². The van der Waals surface area contributed by atoms with E-state index in [0.29, 0.717) is 30.9 Å². The maximum absolute atomic E-state index is 12.3. The van der Waals surface area contributed by atoms with Crippen LogP contribution in [0.15, 0.2) is 60.9 Å². The summed E-state index contributed by atoms with van der Waals surface area (Å²) in [6, 6.07) is 15.4. The van der Waals surface area contributed by atoms with Gasteiger partial charge in [-0.1, -0.05) is 36.4 Å². The third kappa shape index (κ3) is 3.31. The summed E-state index contributed by atoms with van der Waals surface area (Å²) in [5, 5.41) is 0. The quantitative estimate of drug-likeness (QED) is 0.664. The molecule has 0 radical (unpaired) electrons. The molecule has 1 aliphatic heterocycles. The van der Waals surface area contributed by atoms with Gasteiger partial charge in [-0.25, -0.2) is 9.78 Å². The normalized spacial score (nSPS) is 17.0. The maximum Gasteiger partial charge on any atom is 0.356 e. The first-order valence-electron chi connectivity index (χ1n) is 8.61. The first-order valence-corrected chi connectivity index (χ1v) is 8.61. The van der Waals surface area contributed by atoms with E-state index >= 15 is 0 Å². The fourth-order valence-corrected chi connectivity index (χ4v) is 3.27. The molecule has 1 aromatic carbocycles. The van der Waals surface area contributed by atoms with E-state index in [2.05, 4.69) is 4.98 Å². The van der Waals surface area contributed by atoms with Crippen LogP contribution in [0.1, 0.15) is 22.5 Å². The summed E-state index contributed by atoms with van der Waals surface area (Å²) in [5.74, 6) is -0.295. The van der Waals surface area contributed by atoms with Crippen LogP contribution in [0.3, 0.4) is 0 Å². The van der Waals surface area contributed by atoms with Crippen LogP contribution in [0.25, 0.3) is 5.65 Å². The van der Waals surface area contributed by atoms with Crippen LogP contribution in [0.5, 0.6) is 0 Å². The first kappa shape index (κ1) is 16.3. The van der Waals surface area contributed by atoms with E-state index in [4.69, 9.17) is 4.74 Å². The molecule has 4 rings (SSSR count). The molecule has 1 fully saturated rings. The van der Waals surface area contributed by atoms with Crippen molar-refractivity contribution in [3.05, 3.63) is 72.2 Å². The third-order valence-corrected chi connectivity index (χ3v) is 4.59. The molecule has 3 aromatic rings. The Hall–Kier alpha value is -3.15. The molecule has 3 heterocycles. The minimum absolute atomic E-state index is 0.0225. The van der Waals surface area contributed by atoms with Crippen LogP contribution >= 0.6 is 0 Å². The molecule has 1 saturated heterocycles. The predicted octanol–water partition coefficient (Wildman–Crippen LogP) is 2.54. The van der Waals surface area contributed by atoms with Gasteiger partial charge in [0.2, 0.25) is 5.91 Å². The van der Waals surface area contributed by atoms with E-state index in [1.54, 1.807) is 10.6 Å². The summed E-state index contributed by atoms with van der Waals surface area (Å²) in [6.07, 6.45) is 3.70. The van der Waals surface area contributed by atoms with Crippen molar-refractivity contribution < 1.29 is 14.3 Å². The second kappa shape index (κ2) is 7.00. The zero-order chi connectivity index (χ0) is 17.9. The van der Waals surface area contributed by atoms with Gasteiger partial charge in [0.15, 0.2) is 5.69 Å². The highest BCUT2D eigenvalue weighted by Crippen LogP contribution is 2.21. The van der Waals surface area contributed by atoms with Crippen LogP contribution in [-0.2, 0) is 16.1 Å². The standard InChI is InChI=1S/C20H19N3O3/c24-19-10-16(13-22(19)12-15-6-2-1-3-7-15)14-26-20(25)17-11-21-18-8-4-5-9-23(17)18/h1-9,11,16H,10,12-14H2. The molecule has 0 bridgehead atoms. The Labute approximate surface area is 151 Å². The topological polar surface area (TPSA) is 63.9 Å². The van der Waals surface area contributed by atoms with Crippen LogP contribution in [-0.4, -0.2) is 39.3 Å². The molecule has 0 spiro atoms. The number of ether oxygens (including phenoxy) is 1. The van der Waals surface area contributed by atoms with Crippen LogP contribution in [0.4, 0.5) is 0 Å². The first-order chi connectivity index (χ1) is 12.7. The van der Waals surface area contributed by atoms with Crippen molar-refractivity contribution in [3.8, 4) is 0 Å². The average Bonchev–Trinajstić information content (AvgIpc) is 3.24. The number of aromatic nitrogens is 2. The fraction of sp³-hybridized carbons (Fsp3) is 0.250. The Balaban J connectivity index is 1.35. The van der Waals surface area contributed by atoms with Crippen molar-refractivity contribution in [1.82, 2.24) is 14.3 Å². The highest BCUT2D eigenvalue weighted by atomic mass is 16.5. The Morgan fingerprint density at radius 3 is 2.81 bits per heavy atom. The molecule has 6 nitrogen and oxygen atoms in total. The lowest BCUT2D eigenvalue weighted by atomic mass is 10.1. The number of hydrogen-bond acceptors (Lipinski definition) is 4. The summed E-state index contributed by atoms with van der Waals surface area (Å²) < 4.78 is 7.14. The average molecular weight is 349 g/mol. The van der Waals surface area contributed by atoms with Crippen molar-refractivity contribution in [2.45, 2.75) is 13.0 Å². The van der Waals surface area contributed by atoms with E-state index in [0.717, 1.165) is 5.56 Å².